The Morgan fingerprint density at radius 1 is 0.960 bits per heavy atom. The van der Waals surface area contributed by atoms with Gasteiger partial charge in [-0.05, 0) is 39.3 Å². The number of nitrogens with zero attached hydrogens (tertiary/aromatic N) is 1. The lowest BCUT2D eigenvalue weighted by Gasteiger charge is -2.67. The lowest BCUT2D eigenvalue weighted by atomic mass is 9.18. The van der Waals surface area contributed by atoms with Gasteiger partial charge >= 0.3 is 0 Å². The first-order valence-electron chi connectivity index (χ1n) is 8.45. The van der Waals surface area contributed by atoms with Gasteiger partial charge in [-0.15, -0.1) is 0 Å². The summed E-state index contributed by atoms with van der Waals surface area (Å²) in [5.41, 5.74) is 0.313. The van der Waals surface area contributed by atoms with Gasteiger partial charge in [0.25, 0.3) is 5.91 Å². The molecule has 1 aromatic carbocycles. The largest absolute Gasteiger partial charge is 0.360 e. The van der Waals surface area contributed by atoms with Crippen LogP contribution in [0.3, 0.4) is 0 Å². The molecule has 1 heterocycles. The molecule has 0 radical (unpaired) electrons. The summed E-state index contributed by atoms with van der Waals surface area (Å²) < 4.78 is 13.5. The molecule has 2 rings (SSSR count). The fraction of sp³-hybridized carbons (Fsp3) is 0.333. The highest BCUT2D eigenvalue weighted by atomic mass is 35.5. The summed E-state index contributed by atoms with van der Waals surface area (Å²) in [5, 5.41) is -3.05. The fourth-order valence-electron chi connectivity index (χ4n) is 3.86. The summed E-state index contributed by atoms with van der Waals surface area (Å²) >= 11 is 5.87. The molecule has 1 amide bonds. The van der Waals surface area contributed by atoms with Crippen molar-refractivity contribution in [1.82, 2.24) is 4.90 Å². The lowest BCUT2D eigenvalue weighted by molar-refractivity contribution is -0.126. The molecule has 0 aromatic heterocycles. The van der Waals surface area contributed by atoms with Crippen molar-refractivity contribution in [1.29, 1.82) is 0 Å². The maximum Gasteiger partial charge on any atom is 0.252 e. The molecule has 3 nitrogen and oxygen atoms in total. The molecule has 1 aliphatic rings. The minimum absolute atomic E-state index is 0.0898. The zero-order chi connectivity index (χ0) is 19.6. The summed E-state index contributed by atoms with van der Waals surface area (Å²) in [7, 11) is 15.1. The molecular weight excluding hydrogens is 331 g/mol. The van der Waals surface area contributed by atoms with E-state index in [-0.39, 0.29) is 16.7 Å². The third-order valence-corrected chi connectivity index (χ3v) is 6.97. The number of hydrogen-bond donors (Lipinski definition) is 0. The Morgan fingerprint density at radius 2 is 1.40 bits per heavy atom. The van der Waals surface area contributed by atoms with Gasteiger partial charge in [-0.3, -0.25) is 4.79 Å². The van der Waals surface area contributed by atoms with Gasteiger partial charge in [0.2, 0.25) is 0 Å². The summed E-state index contributed by atoms with van der Waals surface area (Å²) in [5.74, 6) is -0.701. The van der Waals surface area contributed by atoms with Crippen LogP contribution in [0, 0.1) is 5.82 Å². The zero-order valence-electron chi connectivity index (χ0n) is 16.3. The molecule has 1 fully saturated rings. The van der Waals surface area contributed by atoms with Gasteiger partial charge in [0.05, 0.1) is 5.02 Å². The topological polar surface area (TPSA) is 37.4 Å². The fourth-order valence-corrected chi connectivity index (χ4v) is 4.04. The van der Waals surface area contributed by atoms with E-state index in [1.807, 2.05) is 62.8 Å². The smallest absolute Gasteiger partial charge is 0.252 e. The van der Waals surface area contributed by atoms with Crippen molar-refractivity contribution in [3.05, 3.63) is 34.6 Å². The first kappa shape index (κ1) is 20.4. The molecule has 0 aliphatic carbocycles. The predicted octanol–water partition coefficient (Wildman–Crippen LogP) is -5.89. The molecule has 1 aliphatic heterocycles. The Hall–Kier alpha value is -0.901. The van der Waals surface area contributed by atoms with Crippen molar-refractivity contribution < 1.29 is 14.0 Å². The molecule has 0 N–H and O–H groups in total. The van der Waals surface area contributed by atoms with Crippen LogP contribution in [0.2, 0.25) is 15.5 Å². The molecule has 1 saturated heterocycles. The van der Waals surface area contributed by atoms with E-state index in [9.17, 15) is 14.0 Å². The van der Waals surface area contributed by atoms with Gasteiger partial charge in [-0.2, -0.15) is 0 Å². The number of carbonyl (C=O) groups is 2. The second kappa shape index (κ2) is 5.80. The van der Waals surface area contributed by atoms with E-state index < -0.39 is 26.9 Å². The second-order valence-corrected chi connectivity index (χ2v) is 9.37. The van der Waals surface area contributed by atoms with E-state index >= 15 is 0 Å². The van der Waals surface area contributed by atoms with Crippen molar-refractivity contribution in [3.63, 3.8) is 0 Å². The SMILES string of the molecule is BC1(B)C(=O)C(B)(B)C(B)(B)N(C(=O)c2ccc(F)c(Cl)c2)C1(B)B. The maximum atomic E-state index is 13.5. The molecule has 0 spiro atoms. The summed E-state index contributed by atoms with van der Waals surface area (Å²) in [6.07, 6.45) is 0. The van der Waals surface area contributed by atoms with Crippen molar-refractivity contribution in [2.75, 3.05) is 0 Å². The van der Waals surface area contributed by atoms with Gasteiger partial charge in [0.15, 0.2) is 0 Å². The Labute approximate surface area is 160 Å². The first-order chi connectivity index (χ1) is 11.1. The van der Waals surface area contributed by atoms with Gasteiger partial charge in [0, 0.05) is 5.56 Å². The standard InChI is InChI=1S/C12H19B8ClFNO2/c13-9(14)8(25)10(15,16)12(19,20)23(11(9,17)18)7(24)4-1-2-6(22)5(21)3-4/h1-3H,13-20H2. The normalized spacial score (nSPS) is 23.1. The number of carbonyl (C=O) groups excluding carboxylic acids is 2. The zero-order valence-corrected chi connectivity index (χ0v) is 17.0. The van der Waals surface area contributed by atoms with Crippen LogP contribution >= 0.6 is 11.6 Å². The minimum Gasteiger partial charge on any atom is -0.360 e. The molecule has 0 unspecified atom stereocenters. The van der Waals surface area contributed by atoms with Crippen LogP contribution in [0.25, 0.3) is 0 Å². The van der Waals surface area contributed by atoms with E-state index in [0.717, 1.165) is 0 Å². The summed E-state index contributed by atoms with van der Waals surface area (Å²) in [6.45, 7) is 0. The quantitative estimate of drug-likeness (QED) is 0.473. The Morgan fingerprint density at radius 3 is 1.80 bits per heavy atom. The third-order valence-electron chi connectivity index (χ3n) is 6.68. The highest BCUT2D eigenvalue weighted by Crippen LogP contribution is 2.53. The van der Waals surface area contributed by atoms with E-state index in [4.69, 9.17) is 11.6 Å². The number of halogens is 2. The van der Waals surface area contributed by atoms with Gasteiger partial charge in [-0.25, -0.2) is 4.39 Å². The second-order valence-electron chi connectivity index (χ2n) is 8.97. The maximum absolute atomic E-state index is 13.5. The van der Waals surface area contributed by atoms with Crippen LogP contribution in [0.1, 0.15) is 10.4 Å². The van der Waals surface area contributed by atoms with E-state index in [0.29, 0.717) is 5.56 Å². The number of benzene rings is 1. The molecule has 1 aromatic rings. The monoisotopic (exact) mass is 351 g/mol. The molecule has 122 valence electrons. The van der Waals surface area contributed by atoms with Crippen molar-refractivity contribution in [2.24, 2.45) is 0 Å². The van der Waals surface area contributed by atoms with Crippen LogP contribution in [0.5, 0.6) is 0 Å². The molecular formula is C12H19B8ClFNO2. The van der Waals surface area contributed by atoms with Crippen LogP contribution in [0.15, 0.2) is 18.2 Å². The third kappa shape index (κ3) is 2.67. The molecule has 25 heavy (non-hydrogen) atoms. The number of piperidine rings is 1. The summed E-state index contributed by atoms with van der Waals surface area (Å²) in [6, 6.07) is 3.98. The van der Waals surface area contributed by atoms with Crippen LogP contribution in [-0.4, -0.2) is 90.0 Å². The van der Waals surface area contributed by atoms with Crippen LogP contribution in [-0.2, 0) is 4.79 Å². The van der Waals surface area contributed by atoms with Crippen molar-refractivity contribution in [2.45, 2.75) is 21.1 Å². The Balaban J connectivity index is 2.69. The van der Waals surface area contributed by atoms with Gasteiger partial charge in [0.1, 0.15) is 74.4 Å². The number of amides is 1. The molecule has 0 bridgehead atoms. The van der Waals surface area contributed by atoms with E-state index in [1.165, 1.54) is 18.2 Å². The highest BCUT2D eigenvalue weighted by molar-refractivity contribution is 6.73. The predicted molar refractivity (Wildman–Crippen MR) is 122 cm³/mol. The van der Waals surface area contributed by atoms with Gasteiger partial charge < -0.3 is 9.69 Å². The Bertz CT molecular complexity index is 739. The van der Waals surface area contributed by atoms with E-state index in [2.05, 4.69) is 0 Å². The number of ketones is 1. The molecule has 13 heteroatoms. The number of hydrogen-bond acceptors (Lipinski definition) is 2. The lowest BCUT2D eigenvalue weighted by Crippen LogP contribution is -2.80. The number of likely N-dealkylation sites (tertiary alicyclic amines) is 1. The first-order valence-corrected chi connectivity index (χ1v) is 8.82. The number of Topliss-reactive ketones (excluding diaryl/α,β-unsaturated/α-hetero) is 1. The number of rotatable bonds is 1. The average molecular weight is 350 g/mol. The van der Waals surface area contributed by atoms with E-state index in [1.54, 1.807) is 4.90 Å². The van der Waals surface area contributed by atoms with Crippen LogP contribution in [0.4, 0.5) is 4.39 Å². The summed E-state index contributed by atoms with van der Waals surface area (Å²) in [4.78, 5) is 28.4. The van der Waals surface area contributed by atoms with Crippen molar-refractivity contribution in [3.8, 4) is 0 Å². The molecule has 0 saturated carbocycles. The van der Waals surface area contributed by atoms with Crippen molar-refractivity contribution >= 4 is 86.1 Å². The van der Waals surface area contributed by atoms with Gasteiger partial charge in [-0.1, -0.05) is 11.6 Å². The Kier molecular flexibility index (Phi) is 4.74. The molecule has 0 atom stereocenters. The van der Waals surface area contributed by atoms with Crippen LogP contribution < -0.4 is 0 Å². The minimum atomic E-state index is -0.745. The average Bonchev–Trinajstić information content (AvgIpc) is 2.47. The highest BCUT2D eigenvalue weighted by Gasteiger charge is 2.63.